The van der Waals surface area contributed by atoms with Crippen LogP contribution in [0, 0.1) is 0 Å². The lowest BCUT2D eigenvalue weighted by molar-refractivity contribution is -0.152. The topological polar surface area (TPSA) is 127 Å². The Morgan fingerprint density at radius 1 is 0.525 bits per heavy atom. The second kappa shape index (κ2) is 18.1. The largest absolute Gasteiger partial charge is 0.461 e. The van der Waals surface area contributed by atoms with E-state index in [2.05, 4.69) is 0 Å². The van der Waals surface area contributed by atoms with Crippen molar-refractivity contribution in [2.24, 2.45) is 0 Å². The lowest BCUT2D eigenvalue weighted by Gasteiger charge is -2.19. The summed E-state index contributed by atoms with van der Waals surface area (Å²) in [7, 11) is 0. The van der Waals surface area contributed by atoms with Gasteiger partial charge in [-0.15, -0.1) is 0 Å². The summed E-state index contributed by atoms with van der Waals surface area (Å²) in [6, 6.07) is 0. The summed E-state index contributed by atoms with van der Waals surface area (Å²) in [5.74, 6) is -2.08. The van der Waals surface area contributed by atoms with Crippen molar-refractivity contribution in [3.8, 4) is 0 Å². The van der Waals surface area contributed by atoms with E-state index in [1.807, 2.05) is 0 Å². The summed E-state index contributed by atoms with van der Waals surface area (Å²) in [4.78, 5) is 72.3. The highest BCUT2D eigenvalue weighted by Crippen LogP contribution is 2.14. The predicted octanol–water partition coefficient (Wildman–Crippen LogP) is 4.16. The van der Waals surface area contributed by atoms with E-state index in [1.165, 1.54) is 50.0 Å². The Morgan fingerprint density at radius 2 is 0.775 bits per heavy atom. The van der Waals surface area contributed by atoms with Crippen molar-refractivity contribution in [1.82, 2.24) is 9.80 Å². The van der Waals surface area contributed by atoms with Gasteiger partial charge in [-0.3, -0.25) is 38.6 Å². The number of unbranched alkanes of at least 4 members (excludes halogenated alkanes) is 11. The molecule has 2 heterocycles. The summed E-state index contributed by atoms with van der Waals surface area (Å²) in [6.07, 6.45) is 17.3. The lowest BCUT2D eigenvalue weighted by atomic mass is 10.0. The number of ether oxygens (including phenoxy) is 2. The molecular formula is C30H44N2O8. The van der Waals surface area contributed by atoms with Crippen LogP contribution in [0.2, 0.25) is 0 Å². The van der Waals surface area contributed by atoms with Crippen LogP contribution in [0.1, 0.15) is 104 Å². The van der Waals surface area contributed by atoms with E-state index in [-0.39, 0.29) is 48.7 Å². The van der Waals surface area contributed by atoms with Gasteiger partial charge in [0.2, 0.25) is 0 Å². The van der Waals surface area contributed by atoms with Gasteiger partial charge in [0.05, 0.1) is 13.1 Å². The molecule has 2 atom stereocenters. The van der Waals surface area contributed by atoms with E-state index in [0.717, 1.165) is 61.2 Å². The Labute approximate surface area is 237 Å². The van der Waals surface area contributed by atoms with Gasteiger partial charge in [-0.1, -0.05) is 64.2 Å². The van der Waals surface area contributed by atoms with Crippen molar-refractivity contribution in [2.75, 3.05) is 13.1 Å². The van der Waals surface area contributed by atoms with Crippen LogP contribution in [0.15, 0.2) is 24.3 Å². The number of hydrogen-bond donors (Lipinski definition) is 0. The first-order valence-corrected chi connectivity index (χ1v) is 14.6. The summed E-state index contributed by atoms with van der Waals surface area (Å²) in [6.45, 7) is 3.52. The van der Waals surface area contributed by atoms with Crippen LogP contribution in [0.25, 0.3) is 0 Å². The van der Waals surface area contributed by atoms with Gasteiger partial charge in [0.1, 0.15) is 12.2 Å². The molecule has 0 radical (unpaired) electrons. The molecule has 4 amide bonds. The number of carbonyl (C=O) groups excluding carboxylic acids is 6. The smallest absolute Gasteiger partial charge is 0.306 e. The van der Waals surface area contributed by atoms with Gasteiger partial charge < -0.3 is 9.47 Å². The zero-order chi connectivity index (χ0) is 29.3. The van der Waals surface area contributed by atoms with Crippen LogP contribution >= 0.6 is 0 Å². The number of rotatable bonds is 21. The van der Waals surface area contributed by atoms with Crippen molar-refractivity contribution in [1.29, 1.82) is 0 Å². The first-order chi connectivity index (χ1) is 19.2. The Hall–Kier alpha value is -3.30. The monoisotopic (exact) mass is 560 g/mol. The van der Waals surface area contributed by atoms with E-state index in [1.54, 1.807) is 13.8 Å². The predicted molar refractivity (Wildman–Crippen MR) is 147 cm³/mol. The van der Waals surface area contributed by atoms with Gasteiger partial charge in [0.15, 0.2) is 0 Å². The Morgan fingerprint density at radius 3 is 1.05 bits per heavy atom. The van der Waals surface area contributed by atoms with Gasteiger partial charge in [-0.05, 0) is 26.7 Å². The molecule has 0 N–H and O–H groups in total. The quantitative estimate of drug-likeness (QED) is 0.116. The molecule has 2 aliphatic rings. The number of esters is 2. The molecule has 2 unspecified atom stereocenters. The van der Waals surface area contributed by atoms with Gasteiger partial charge in [-0.25, -0.2) is 0 Å². The summed E-state index contributed by atoms with van der Waals surface area (Å²) >= 11 is 0. The lowest BCUT2D eigenvalue weighted by Crippen LogP contribution is -2.37. The fourth-order valence-corrected chi connectivity index (χ4v) is 4.68. The molecule has 0 aromatic rings. The molecule has 2 aliphatic heterocycles. The highest BCUT2D eigenvalue weighted by Gasteiger charge is 2.27. The van der Waals surface area contributed by atoms with Crippen LogP contribution in [0.3, 0.4) is 0 Å². The summed E-state index contributed by atoms with van der Waals surface area (Å²) in [5.41, 5.74) is 0. The van der Waals surface area contributed by atoms with Gasteiger partial charge in [0, 0.05) is 37.1 Å². The van der Waals surface area contributed by atoms with Gasteiger partial charge >= 0.3 is 11.9 Å². The standard InChI is InChI=1S/C30H44N2O8/c1-23(21-31-25(33)17-18-26(31)34)39-29(37)15-13-11-9-7-5-3-4-6-8-10-12-14-16-30(38)40-24(2)22-32-27(35)19-20-28(32)36/h17-20,23-24H,3-16,21-22H2,1-2H3. The molecule has 0 spiro atoms. The van der Waals surface area contributed by atoms with E-state index in [4.69, 9.17) is 9.47 Å². The molecule has 0 bridgehead atoms. The highest BCUT2D eigenvalue weighted by molar-refractivity contribution is 6.13. The normalized spacial score (nSPS) is 16.2. The van der Waals surface area contributed by atoms with Crippen molar-refractivity contribution in [3.05, 3.63) is 24.3 Å². The molecule has 10 heteroatoms. The average Bonchev–Trinajstić information content (AvgIpc) is 3.38. The molecular weight excluding hydrogens is 516 g/mol. The second-order valence-electron chi connectivity index (χ2n) is 10.6. The molecule has 0 fully saturated rings. The summed E-state index contributed by atoms with van der Waals surface area (Å²) in [5, 5.41) is 0. The Balaban J connectivity index is 1.33. The SMILES string of the molecule is CC(CN1C(=O)C=CC1=O)OC(=O)CCCCCCCCCCCCCCC(=O)OC(C)CN1C(=O)C=CC1=O. The van der Waals surface area contributed by atoms with Gasteiger partial charge in [0.25, 0.3) is 23.6 Å². The Kier molecular flexibility index (Phi) is 14.9. The van der Waals surface area contributed by atoms with Crippen molar-refractivity contribution in [3.63, 3.8) is 0 Å². The van der Waals surface area contributed by atoms with E-state index in [9.17, 15) is 28.8 Å². The van der Waals surface area contributed by atoms with Crippen LogP contribution < -0.4 is 0 Å². The number of imide groups is 2. The third kappa shape index (κ3) is 12.7. The first-order valence-electron chi connectivity index (χ1n) is 14.6. The first kappa shape index (κ1) is 32.9. The van der Waals surface area contributed by atoms with Crippen molar-refractivity contribution in [2.45, 2.75) is 116 Å². The molecule has 0 aromatic heterocycles. The van der Waals surface area contributed by atoms with Crippen LogP contribution in [0.5, 0.6) is 0 Å². The molecule has 10 nitrogen and oxygen atoms in total. The molecule has 0 saturated carbocycles. The molecule has 0 saturated heterocycles. The molecule has 0 aromatic carbocycles. The minimum atomic E-state index is -0.517. The van der Waals surface area contributed by atoms with Crippen molar-refractivity contribution >= 4 is 35.6 Å². The molecule has 222 valence electrons. The minimum Gasteiger partial charge on any atom is -0.461 e. The average molecular weight is 561 g/mol. The number of amides is 4. The zero-order valence-electron chi connectivity index (χ0n) is 23.9. The maximum absolute atomic E-state index is 12.0. The van der Waals surface area contributed by atoms with E-state index in [0.29, 0.717) is 12.8 Å². The van der Waals surface area contributed by atoms with Crippen LogP contribution in [0.4, 0.5) is 0 Å². The number of hydrogen-bond acceptors (Lipinski definition) is 8. The fraction of sp³-hybridized carbons (Fsp3) is 0.667. The van der Waals surface area contributed by atoms with Crippen LogP contribution in [-0.4, -0.2) is 70.7 Å². The zero-order valence-corrected chi connectivity index (χ0v) is 23.9. The van der Waals surface area contributed by atoms with Gasteiger partial charge in [-0.2, -0.15) is 0 Å². The van der Waals surface area contributed by atoms with Crippen molar-refractivity contribution < 1.29 is 38.2 Å². The fourth-order valence-electron chi connectivity index (χ4n) is 4.68. The number of carbonyl (C=O) groups is 6. The second-order valence-corrected chi connectivity index (χ2v) is 10.6. The molecule has 2 rings (SSSR count). The Bertz CT molecular complexity index is 845. The third-order valence-electron chi connectivity index (χ3n) is 6.86. The molecule has 0 aliphatic carbocycles. The molecule has 40 heavy (non-hydrogen) atoms. The minimum absolute atomic E-state index is 0.0808. The van der Waals surface area contributed by atoms with E-state index >= 15 is 0 Å². The maximum atomic E-state index is 12.0. The summed E-state index contributed by atoms with van der Waals surface area (Å²) < 4.78 is 10.6. The number of nitrogens with zero attached hydrogens (tertiary/aromatic N) is 2. The van der Waals surface area contributed by atoms with E-state index < -0.39 is 12.2 Å². The highest BCUT2D eigenvalue weighted by atomic mass is 16.5. The van der Waals surface area contributed by atoms with Crippen LogP contribution in [-0.2, 0) is 38.2 Å². The third-order valence-corrected chi connectivity index (χ3v) is 6.86. The maximum Gasteiger partial charge on any atom is 0.306 e.